The van der Waals surface area contributed by atoms with Crippen LogP contribution in [0.1, 0.15) is 22.8 Å². The zero-order chi connectivity index (χ0) is 21.0. The minimum absolute atomic E-state index is 0.119. The van der Waals surface area contributed by atoms with Crippen LogP contribution in [-0.4, -0.2) is 55.5 Å². The molecule has 2 aromatic rings. The molecule has 0 spiro atoms. The Morgan fingerprint density at radius 2 is 1.66 bits per heavy atom. The molecule has 1 aliphatic rings. The molecular weight excluding hydrogens is 412 g/mol. The zero-order valence-corrected chi connectivity index (χ0v) is 17.5. The lowest BCUT2D eigenvalue weighted by Crippen LogP contribution is -2.50. The molecule has 152 valence electrons. The monoisotopic (exact) mass is 432 g/mol. The average Bonchev–Trinajstić information content (AvgIpc) is 2.72. The lowest BCUT2D eigenvalue weighted by molar-refractivity contribution is -0.127. The summed E-state index contributed by atoms with van der Waals surface area (Å²) in [5.41, 5.74) is 1.28. The van der Waals surface area contributed by atoms with Crippen molar-refractivity contribution < 1.29 is 18.0 Å². The van der Waals surface area contributed by atoms with Crippen LogP contribution in [0.5, 0.6) is 0 Å². The summed E-state index contributed by atoms with van der Waals surface area (Å²) in [7, 11) is -3.66. The van der Waals surface area contributed by atoms with Gasteiger partial charge >= 0.3 is 0 Å². The third-order valence-corrected chi connectivity index (χ3v) is 6.86. The van der Waals surface area contributed by atoms with Crippen molar-refractivity contribution >= 4 is 39.4 Å². The van der Waals surface area contributed by atoms with Gasteiger partial charge in [0, 0.05) is 42.8 Å². The average molecular weight is 433 g/mol. The fourth-order valence-corrected chi connectivity index (χ4v) is 4.66. The van der Waals surface area contributed by atoms with Crippen molar-refractivity contribution in [2.75, 3.05) is 26.2 Å². The van der Waals surface area contributed by atoms with Gasteiger partial charge in [-0.25, -0.2) is 8.42 Å². The number of amides is 1. The third-order valence-electron chi connectivity index (χ3n) is 4.72. The van der Waals surface area contributed by atoms with E-state index in [1.165, 1.54) is 41.6 Å². The van der Waals surface area contributed by atoms with Crippen molar-refractivity contribution in [1.29, 1.82) is 0 Å². The minimum Gasteiger partial charge on any atom is -0.337 e. The van der Waals surface area contributed by atoms with E-state index in [1.54, 1.807) is 29.2 Å². The highest BCUT2D eigenvalue weighted by molar-refractivity contribution is 7.89. The van der Waals surface area contributed by atoms with Crippen LogP contribution in [0.2, 0.25) is 5.02 Å². The largest absolute Gasteiger partial charge is 0.337 e. The molecule has 1 amide bonds. The second-order valence-electron chi connectivity index (χ2n) is 6.70. The van der Waals surface area contributed by atoms with Gasteiger partial charge in [0.2, 0.25) is 15.9 Å². The summed E-state index contributed by atoms with van der Waals surface area (Å²) in [6.07, 6.45) is 3.16. The maximum absolute atomic E-state index is 12.8. The first-order chi connectivity index (χ1) is 13.8. The van der Waals surface area contributed by atoms with Crippen LogP contribution in [-0.2, 0) is 14.8 Å². The van der Waals surface area contributed by atoms with Gasteiger partial charge in [0.1, 0.15) is 0 Å². The van der Waals surface area contributed by atoms with E-state index < -0.39 is 10.0 Å². The molecule has 3 rings (SSSR count). The van der Waals surface area contributed by atoms with Crippen LogP contribution in [0.25, 0.3) is 6.08 Å². The van der Waals surface area contributed by atoms with E-state index in [0.29, 0.717) is 23.7 Å². The molecule has 29 heavy (non-hydrogen) atoms. The summed E-state index contributed by atoms with van der Waals surface area (Å²) in [4.78, 5) is 25.5. The van der Waals surface area contributed by atoms with Gasteiger partial charge in [0.05, 0.1) is 4.90 Å². The Balaban J connectivity index is 1.61. The maximum atomic E-state index is 12.8. The van der Waals surface area contributed by atoms with E-state index in [2.05, 4.69) is 0 Å². The Kier molecular flexibility index (Phi) is 6.52. The number of halogens is 1. The summed E-state index contributed by atoms with van der Waals surface area (Å²) in [6, 6.07) is 13.1. The van der Waals surface area contributed by atoms with Crippen molar-refractivity contribution in [2.24, 2.45) is 0 Å². The van der Waals surface area contributed by atoms with E-state index in [-0.39, 0.29) is 29.7 Å². The number of hydrogen-bond donors (Lipinski definition) is 0. The molecule has 0 unspecified atom stereocenters. The van der Waals surface area contributed by atoms with Crippen LogP contribution >= 0.6 is 11.6 Å². The minimum atomic E-state index is -3.66. The molecule has 1 fully saturated rings. The third kappa shape index (κ3) is 5.12. The van der Waals surface area contributed by atoms with Crippen molar-refractivity contribution in [3.63, 3.8) is 0 Å². The first-order valence-corrected chi connectivity index (χ1v) is 10.9. The summed E-state index contributed by atoms with van der Waals surface area (Å²) in [6.45, 7) is 2.48. The number of sulfonamides is 1. The SMILES string of the molecule is CC(=O)c1ccc(S(=O)(=O)N2CCN(C(=O)/C=C/c3cccc(Cl)c3)CC2)cc1. The molecule has 0 aliphatic carbocycles. The van der Waals surface area contributed by atoms with Crippen LogP contribution in [0.15, 0.2) is 59.5 Å². The molecule has 0 radical (unpaired) electrons. The quantitative estimate of drug-likeness (QED) is 0.537. The highest BCUT2D eigenvalue weighted by Gasteiger charge is 2.29. The van der Waals surface area contributed by atoms with Crippen LogP contribution in [0, 0.1) is 0 Å². The Bertz CT molecular complexity index is 1040. The molecule has 6 nitrogen and oxygen atoms in total. The lowest BCUT2D eigenvalue weighted by atomic mass is 10.2. The number of hydrogen-bond acceptors (Lipinski definition) is 4. The van der Waals surface area contributed by atoms with Crippen molar-refractivity contribution in [1.82, 2.24) is 9.21 Å². The molecule has 0 aromatic heterocycles. The summed E-state index contributed by atoms with van der Waals surface area (Å²) in [5, 5.41) is 0.592. The molecule has 0 bridgehead atoms. The molecule has 1 saturated heterocycles. The van der Waals surface area contributed by atoms with Gasteiger partial charge in [-0.1, -0.05) is 35.9 Å². The second-order valence-corrected chi connectivity index (χ2v) is 9.07. The first-order valence-electron chi connectivity index (χ1n) is 9.11. The number of ketones is 1. The van der Waals surface area contributed by atoms with E-state index in [4.69, 9.17) is 11.6 Å². The Hall–Kier alpha value is -2.48. The van der Waals surface area contributed by atoms with Gasteiger partial charge in [-0.15, -0.1) is 0 Å². The van der Waals surface area contributed by atoms with Crippen LogP contribution in [0.4, 0.5) is 0 Å². The number of carbonyl (C=O) groups is 2. The predicted octanol–water partition coefficient (Wildman–Crippen LogP) is 3.09. The number of Topliss-reactive ketones (excluding diaryl/α,β-unsaturated/α-hetero) is 1. The Morgan fingerprint density at radius 3 is 2.24 bits per heavy atom. The van der Waals surface area contributed by atoms with E-state index in [1.807, 2.05) is 6.07 Å². The highest BCUT2D eigenvalue weighted by Crippen LogP contribution is 2.19. The summed E-state index contributed by atoms with van der Waals surface area (Å²) in [5.74, 6) is -0.292. The number of carbonyl (C=O) groups excluding carboxylic acids is 2. The zero-order valence-electron chi connectivity index (χ0n) is 15.9. The number of nitrogens with zero attached hydrogens (tertiary/aromatic N) is 2. The molecular formula is C21H21ClN2O4S. The molecule has 8 heteroatoms. The number of rotatable bonds is 5. The molecule has 2 aromatic carbocycles. The van der Waals surface area contributed by atoms with Gasteiger partial charge in [-0.05, 0) is 42.8 Å². The lowest BCUT2D eigenvalue weighted by Gasteiger charge is -2.33. The van der Waals surface area contributed by atoms with Gasteiger partial charge in [0.15, 0.2) is 5.78 Å². The van der Waals surface area contributed by atoms with Crippen LogP contribution < -0.4 is 0 Å². The van der Waals surface area contributed by atoms with E-state index >= 15 is 0 Å². The Morgan fingerprint density at radius 1 is 1.00 bits per heavy atom. The van der Waals surface area contributed by atoms with Crippen molar-refractivity contribution in [3.8, 4) is 0 Å². The fourth-order valence-electron chi connectivity index (χ4n) is 3.04. The van der Waals surface area contributed by atoms with Gasteiger partial charge in [-0.2, -0.15) is 4.31 Å². The summed E-state index contributed by atoms with van der Waals surface area (Å²) < 4.78 is 27.0. The van der Waals surface area contributed by atoms with Crippen molar-refractivity contribution in [2.45, 2.75) is 11.8 Å². The second kappa shape index (κ2) is 8.90. The standard InChI is InChI=1S/C21H21ClN2O4S/c1-16(25)18-6-8-20(9-7-18)29(27,28)24-13-11-23(12-14-24)21(26)10-5-17-3-2-4-19(22)15-17/h2-10,15H,11-14H2,1H3/b10-5+. The van der Waals surface area contributed by atoms with Gasteiger partial charge < -0.3 is 4.90 Å². The maximum Gasteiger partial charge on any atom is 0.246 e. The number of benzene rings is 2. The normalized spacial score (nSPS) is 15.6. The highest BCUT2D eigenvalue weighted by atomic mass is 35.5. The molecule has 0 saturated carbocycles. The predicted molar refractivity (Wildman–Crippen MR) is 112 cm³/mol. The summed E-state index contributed by atoms with van der Waals surface area (Å²) >= 11 is 5.93. The topological polar surface area (TPSA) is 74.8 Å². The Labute approximate surface area is 175 Å². The van der Waals surface area contributed by atoms with Gasteiger partial charge in [0.25, 0.3) is 0 Å². The number of piperazine rings is 1. The molecule has 0 N–H and O–H groups in total. The van der Waals surface area contributed by atoms with Crippen molar-refractivity contribution in [3.05, 3.63) is 70.8 Å². The van der Waals surface area contributed by atoms with E-state index in [0.717, 1.165) is 5.56 Å². The first kappa shape index (κ1) is 21.2. The van der Waals surface area contributed by atoms with Crippen LogP contribution in [0.3, 0.4) is 0 Å². The fraction of sp³-hybridized carbons (Fsp3) is 0.238. The molecule has 1 aliphatic heterocycles. The smallest absolute Gasteiger partial charge is 0.246 e. The molecule has 1 heterocycles. The van der Waals surface area contributed by atoms with Gasteiger partial charge in [-0.3, -0.25) is 9.59 Å². The molecule has 0 atom stereocenters. The van der Waals surface area contributed by atoms with E-state index in [9.17, 15) is 18.0 Å².